The van der Waals surface area contributed by atoms with Gasteiger partial charge in [0.2, 0.25) is 5.88 Å². The molecule has 0 aliphatic carbocycles. The number of hydrogen-bond donors (Lipinski definition) is 0. The highest BCUT2D eigenvalue weighted by Gasteiger charge is 2.31. The molecule has 0 saturated heterocycles. The van der Waals surface area contributed by atoms with Crippen LogP contribution in [0.4, 0.5) is 13.2 Å². The molecule has 3 rings (SSSR count). The van der Waals surface area contributed by atoms with Crippen LogP contribution in [0.15, 0.2) is 65.9 Å². The van der Waals surface area contributed by atoms with Gasteiger partial charge >= 0.3 is 6.18 Å². The fraction of sp³-hybridized carbons (Fsp3) is 0.143. The maximum Gasteiger partial charge on any atom is 0.417 e. The lowest BCUT2D eigenvalue weighted by Crippen LogP contribution is -2.05. The summed E-state index contributed by atoms with van der Waals surface area (Å²) in [5.74, 6) is 0.977. The molecule has 5 nitrogen and oxygen atoms in total. The summed E-state index contributed by atoms with van der Waals surface area (Å²) >= 11 is 5.84. The third-order valence-corrected chi connectivity index (χ3v) is 4.14. The van der Waals surface area contributed by atoms with Crippen LogP contribution in [-0.2, 0) is 17.6 Å². The third-order valence-electron chi connectivity index (χ3n) is 3.87. The molecule has 156 valence electrons. The van der Waals surface area contributed by atoms with Crippen molar-refractivity contribution in [1.29, 1.82) is 0 Å². The van der Waals surface area contributed by atoms with Crippen molar-refractivity contribution in [2.45, 2.75) is 12.8 Å². The van der Waals surface area contributed by atoms with Gasteiger partial charge in [0, 0.05) is 6.20 Å². The molecule has 0 unspecified atom stereocenters. The number of oxime groups is 1. The highest BCUT2D eigenvalue weighted by Crippen LogP contribution is 2.34. The molecule has 0 saturated carbocycles. The van der Waals surface area contributed by atoms with E-state index in [4.69, 9.17) is 25.9 Å². The van der Waals surface area contributed by atoms with Crippen molar-refractivity contribution in [3.63, 3.8) is 0 Å². The van der Waals surface area contributed by atoms with E-state index < -0.39 is 11.7 Å². The quantitative estimate of drug-likeness (QED) is 0.331. The first-order valence-electron chi connectivity index (χ1n) is 8.64. The topological polar surface area (TPSA) is 52.9 Å². The summed E-state index contributed by atoms with van der Waals surface area (Å²) in [5, 5.41) is 3.67. The molecular weight excluding hydrogens is 421 g/mol. The van der Waals surface area contributed by atoms with Gasteiger partial charge in [0.1, 0.15) is 23.1 Å². The number of benzene rings is 2. The molecule has 0 spiro atoms. The minimum absolute atomic E-state index is 0.118. The van der Waals surface area contributed by atoms with Gasteiger partial charge < -0.3 is 14.3 Å². The second kappa shape index (κ2) is 9.49. The van der Waals surface area contributed by atoms with Crippen LogP contribution in [0.5, 0.6) is 17.4 Å². The van der Waals surface area contributed by atoms with E-state index in [1.165, 1.54) is 6.21 Å². The molecule has 0 fully saturated rings. The Morgan fingerprint density at radius 1 is 1.07 bits per heavy atom. The second-order valence-corrected chi connectivity index (χ2v) is 6.45. The molecule has 3 aromatic rings. The Morgan fingerprint density at radius 3 is 2.50 bits per heavy atom. The van der Waals surface area contributed by atoms with Crippen molar-refractivity contribution in [3.8, 4) is 17.4 Å². The van der Waals surface area contributed by atoms with Crippen LogP contribution in [0.2, 0.25) is 5.02 Å². The van der Waals surface area contributed by atoms with Crippen molar-refractivity contribution >= 4 is 17.8 Å². The lowest BCUT2D eigenvalue weighted by molar-refractivity contribution is -0.137. The maximum absolute atomic E-state index is 12.7. The fourth-order valence-corrected chi connectivity index (χ4v) is 2.57. The van der Waals surface area contributed by atoms with Gasteiger partial charge in [0.25, 0.3) is 0 Å². The highest BCUT2D eigenvalue weighted by molar-refractivity contribution is 6.31. The number of methoxy groups -OCH3 is 1. The van der Waals surface area contributed by atoms with Crippen LogP contribution in [0.25, 0.3) is 0 Å². The van der Waals surface area contributed by atoms with Crippen molar-refractivity contribution < 1.29 is 27.5 Å². The Labute approximate surface area is 175 Å². The lowest BCUT2D eigenvalue weighted by atomic mass is 10.2. The van der Waals surface area contributed by atoms with Gasteiger partial charge in [-0.25, -0.2) is 4.98 Å². The van der Waals surface area contributed by atoms with Crippen LogP contribution >= 0.6 is 11.6 Å². The Balaban J connectivity index is 1.56. The van der Waals surface area contributed by atoms with E-state index in [-0.39, 0.29) is 17.5 Å². The summed E-state index contributed by atoms with van der Waals surface area (Å²) in [4.78, 5) is 8.90. The predicted octanol–water partition coefficient (Wildman–Crippen LogP) is 6.11. The summed E-state index contributed by atoms with van der Waals surface area (Å²) in [7, 11) is 1.59. The first-order chi connectivity index (χ1) is 14.3. The zero-order valence-electron chi connectivity index (χ0n) is 15.7. The average Bonchev–Trinajstić information content (AvgIpc) is 2.73. The van der Waals surface area contributed by atoms with E-state index in [1.54, 1.807) is 31.4 Å². The standard InChI is InChI=1S/C21H16ClF3N2O3/c1-28-18-4-2-3-15(9-18)13-29-27-11-14-5-7-17(8-6-14)30-20-19(22)10-16(12-26-20)21(23,24)25/h2-12H,13H2,1H3/b27-11-. The van der Waals surface area contributed by atoms with Gasteiger partial charge in [-0.15, -0.1) is 0 Å². The summed E-state index contributed by atoms with van der Waals surface area (Å²) in [5.41, 5.74) is 0.705. The molecule has 2 aromatic carbocycles. The van der Waals surface area contributed by atoms with E-state index in [9.17, 15) is 13.2 Å². The van der Waals surface area contributed by atoms with Crippen LogP contribution in [-0.4, -0.2) is 18.3 Å². The van der Waals surface area contributed by atoms with E-state index in [0.29, 0.717) is 11.9 Å². The minimum atomic E-state index is -4.52. The first kappa shape index (κ1) is 21.4. The molecule has 0 atom stereocenters. The third kappa shape index (κ3) is 5.87. The van der Waals surface area contributed by atoms with Gasteiger partial charge in [0.15, 0.2) is 0 Å². The molecule has 0 radical (unpaired) electrons. The van der Waals surface area contributed by atoms with Crippen LogP contribution in [0, 0.1) is 0 Å². The molecule has 30 heavy (non-hydrogen) atoms. The molecule has 1 heterocycles. The van der Waals surface area contributed by atoms with E-state index in [1.807, 2.05) is 24.3 Å². The van der Waals surface area contributed by atoms with Crippen LogP contribution in [0.3, 0.4) is 0 Å². The predicted molar refractivity (Wildman–Crippen MR) is 106 cm³/mol. The maximum atomic E-state index is 12.7. The monoisotopic (exact) mass is 436 g/mol. The Bertz CT molecular complexity index is 1020. The van der Waals surface area contributed by atoms with Gasteiger partial charge in [-0.2, -0.15) is 13.2 Å². The Hall–Kier alpha value is -3.26. The lowest BCUT2D eigenvalue weighted by Gasteiger charge is -2.10. The number of pyridine rings is 1. The van der Waals surface area contributed by atoms with E-state index in [0.717, 1.165) is 22.9 Å². The average molecular weight is 437 g/mol. The number of nitrogens with zero attached hydrogens (tertiary/aromatic N) is 2. The first-order valence-corrected chi connectivity index (χ1v) is 9.02. The molecule has 0 aliphatic rings. The zero-order valence-corrected chi connectivity index (χ0v) is 16.4. The van der Waals surface area contributed by atoms with Gasteiger partial charge in [-0.05, 0) is 53.6 Å². The second-order valence-electron chi connectivity index (χ2n) is 6.04. The number of halogens is 4. The molecule has 9 heteroatoms. The van der Waals surface area contributed by atoms with Crippen LogP contribution < -0.4 is 9.47 Å². The largest absolute Gasteiger partial charge is 0.497 e. The van der Waals surface area contributed by atoms with Gasteiger partial charge in [-0.3, -0.25) is 0 Å². The molecule has 0 bridgehead atoms. The van der Waals surface area contributed by atoms with Crippen molar-refractivity contribution in [3.05, 3.63) is 82.5 Å². The Kier molecular flexibility index (Phi) is 6.79. The van der Waals surface area contributed by atoms with Gasteiger partial charge in [0.05, 0.1) is 18.9 Å². The molecule has 0 N–H and O–H groups in total. The van der Waals surface area contributed by atoms with Crippen molar-refractivity contribution in [1.82, 2.24) is 4.98 Å². The van der Waals surface area contributed by atoms with Crippen LogP contribution in [0.1, 0.15) is 16.7 Å². The summed E-state index contributed by atoms with van der Waals surface area (Å²) in [6.45, 7) is 0.285. The highest BCUT2D eigenvalue weighted by atomic mass is 35.5. The van der Waals surface area contributed by atoms with E-state index >= 15 is 0 Å². The fourth-order valence-electron chi connectivity index (χ4n) is 2.36. The van der Waals surface area contributed by atoms with Crippen molar-refractivity contribution in [2.24, 2.45) is 5.16 Å². The summed E-state index contributed by atoms with van der Waals surface area (Å²) in [6.07, 6.45) is -2.33. The smallest absolute Gasteiger partial charge is 0.417 e. The summed E-state index contributed by atoms with van der Waals surface area (Å²) < 4.78 is 48.6. The number of ether oxygens (including phenoxy) is 2. The zero-order chi connectivity index (χ0) is 21.6. The normalized spacial score (nSPS) is 11.5. The summed E-state index contributed by atoms with van der Waals surface area (Å²) in [6, 6.07) is 14.8. The number of hydrogen-bond acceptors (Lipinski definition) is 5. The van der Waals surface area contributed by atoms with Crippen molar-refractivity contribution in [2.75, 3.05) is 7.11 Å². The SMILES string of the molecule is COc1cccc(CO/N=C\c2ccc(Oc3ncc(C(F)(F)F)cc3Cl)cc2)c1. The van der Waals surface area contributed by atoms with Gasteiger partial charge in [-0.1, -0.05) is 28.9 Å². The minimum Gasteiger partial charge on any atom is -0.497 e. The number of alkyl halides is 3. The number of rotatable bonds is 7. The molecule has 0 amide bonds. The Morgan fingerprint density at radius 2 is 1.83 bits per heavy atom. The number of aromatic nitrogens is 1. The molecule has 0 aliphatic heterocycles. The molecule has 1 aromatic heterocycles. The molecular formula is C21H16ClF3N2O3. The van der Waals surface area contributed by atoms with E-state index in [2.05, 4.69) is 10.1 Å².